The van der Waals surface area contributed by atoms with E-state index in [1.807, 2.05) is 0 Å². The number of halogens is 2. The fourth-order valence-corrected chi connectivity index (χ4v) is 4.79. The van der Waals surface area contributed by atoms with Crippen LogP contribution in [0.25, 0.3) is 0 Å². The number of hydrogen-bond donors (Lipinski definition) is 1. The van der Waals surface area contributed by atoms with E-state index in [2.05, 4.69) is 46.4 Å². The van der Waals surface area contributed by atoms with E-state index in [0.717, 1.165) is 33.8 Å². The molecule has 1 nitrogen and oxygen atoms in total. The molecule has 0 aromatic heterocycles. The highest BCUT2D eigenvalue weighted by molar-refractivity contribution is 9.10. The molecule has 116 valence electrons. The van der Waals surface area contributed by atoms with Crippen LogP contribution in [0.15, 0.2) is 22.7 Å². The van der Waals surface area contributed by atoms with Gasteiger partial charge in [-0.05, 0) is 90.0 Å². The van der Waals surface area contributed by atoms with Gasteiger partial charge in [0.05, 0.1) is 5.02 Å². The fraction of sp³-hybridized carbons (Fsp3) is 0.667. The minimum atomic E-state index is 0.458. The van der Waals surface area contributed by atoms with Crippen LogP contribution in [0.3, 0.4) is 0 Å². The van der Waals surface area contributed by atoms with Gasteiger partial charge in [-0.2, -0.15) is 0 Å². The van der Waals surface area contributed by atoms with Crippen molar-refractivity contribution < 1.29 is 0 Å². The average Bonchev–Trinajstić information content (AvgIpc) is 3.09. The first-order valence-electron chi connectivity index (χ1n) is 8.35. The first-order valence-corrected chi connectivity index (χ1v) is 9.52. The highest BCUT2D eigenvalue weighted by Crippen LogP contribution is 2.51. The second-order valence-electron chi connectivity index (χ2n) is 6.85. The molecular formula is C18H25BrClN. The number of nitrogens with one attached hydrogen (secondary N) is 1. The summed E-state index contributed by atoms with van der Waals surface area (Å²) in [5, 5.41) is 4.57. The lowest BCUT2D eigenvalue weighted by molar-refractivity contribution is 0.279. The molecule has 3 heteroatoms. The number of benzene rings is 1. The molecule has 2 bridgehead atoms. The second kappa shape index (κ2) is 7.02. The Morgan fingerprint density at radius 2 is 2.19 bits per heavy atom. The van der Waals surface area contributed by atoms with Gasteiger partial charge in [0.15, 0.2) is 0 Å². The van der Waals surface area contributed by atoms with Gasteiger partial charge in [0, 0.05) is 10.5 Å². The Morgan fingerprint density at radius 3 is 2.81 bits per heavy atom. The molecule has 1 aromatic rings. The van der Waals surface area contributed by atoms with Crippen LogP contribution in [0.5, 0.6) is 0 Å². The Morgan fingerprint density at radius 1 is 1.33 bits per heavy atom. The third kappa shape index (κ3) is 3.65. The van der Waals surface area contributed by atoms with Crippen LogP contribution in [0, 0.1) is 17.8 Å². The Bertz CT molecular complexity index is 490. The topological polar surface area (TPSA) is 12.0 Å². The third-order valence-electron chi connectivity index (χ3n) is 5.41. The second-order valence-corrected chi connectivity index (χ2v) is 8.11. The van der Waals surface area contributed by atoms with Crippen molar-refractivity contribution in [2.45, 2.75) is 51.5 Å². The first kappa shape index (κ1) is 15.8. The molecular weight excluding hydrogens is 346 g/mol. The third-order valence-corrected chi connectivity index (χ3v) is 6.64. The summed E-state index contributed by atoms with van der Waals surface area (Å²) in [5.41, 5.74) is 1.35. The van der Waals surface area contributed by atoms with Gasteiger partial charge in [0.1, 0.15) is 0 Å². The van der Waals surface area contributed by atoms with Crippen molar-refractivity contribution in [1.29, 1.82) is 0 Å². The lowest BCUT2D eigenvalue weighted by atomic mass is 9.82. The molecule has 0 heterocycles. The van der Waals surface area contributed by atoms with E-state index in [-0.39, 0.29) is 0 Å². The van der Waals surface area contributed by atoms with Gasteiger partial charge in [0.2, 0.25) is 0 Å². The summed E-state index contributed by atoms with van der Waals surface area (Å²) >= 11 is 9.79. The summed E-state index contributed by atoms with van der Waals surface area (Å²) in [6.45, 7) is 3.31. The minimum Gasteiger partial charge on any atom is -0.310 e. The molecule has 2 saturated carbocycles. The van der Waals surface area contributed by atoms with Crippen molar-refractivity contribution in [3.05, 3.63) is 33.3 Å². The summed E-state index contributed by atoms with van der Waals surface area (Å²) in [7, 11) is 0. The van der Waals surface area contributed by atoms with Gasteiger partial charge in [-0.25, -0.2) is 0 Å². The van der Waals surface area contributed by atoms with Crippen molar-refractivity contribution >= 4 is 27.5 Å². The Kier molecular flexibility index (Phi) is 5.29. The van der Waals surface area contributed by atoms with Crippen LogP contribution in [0.1, 0.15) is 57.1 Å². The lowest BCUT2D eigenvalue weighted by Gasteiger charge is -2.28. The highest BCUT2D eigenvalue weighted by Gasteiger charge is 2.40. The van der Waals surface area contributed by atoms with E-state index in [0.29, 0.717) is 6.04 Å². The molecule has 1 aromatic carbocycles. The molecule has 0 saturated heterocycles. The van der Waals surface area contributed by atoms with Gasteiger partial charge in [-0.1, -0.05) is 31.0 Å². The van der Waals surface area contributed by atoms with Crippen LogP contribution in [-0.4, -0.2) is 6.54 Å². The van der Waals surface area contributed by atoms with Crippen molar-refractivity contribution in [1.82, 2.24) is 5.32 Å². The van der Waals surface area contributed by atoms with Gasteiger partial charge in [-0.15, -0.1) is 0 Å². The SMILES string of the molecule is CCCNC(CC1CC2CCC1C2)c1ccc(Br)c(Cl)c1. The molecule has 2 fully saturated rings. The summed E-state index contributed by atoms with van der Waals surface area (Å²) in [6.07, 6.45) is 8.36. The molecule has 0 aliphatic heterocycles. The molecule has 2 aliphatic carbocycles. The fourth-order valence-electron chi connectivity index (χ4n) is 4.35. The zero-order valence-corrected chi connectivity index (χ0v) is 15.1. The molecule has 4 unspecified atom stereocenters. The van der Waals surface area contributed by atoms with Gasteiger partial charge >= 0.3 is 0 Å². The van der Waals surface area contributed by atoms with E-state index in [4.69, 9.17) is 11.6 Å². The van der Waals surface area contributed by atoms with Crippen molar-refractivity contribution in [3.8, 4) is 0 Å². The summed E-state index contributed by atoms with van der Waals surface area (Å²) < 4.78 is 0.988. The zero-order valence-electron chi connectivity index (χ0n) is 12.7. The van der Waals surface area contributed by atoms with E-state index >= 15 is 0 Å². The highest BCUT2D eigenvalue weighted by atomic mass is 79.9. The van der Waals surface area contributed by atoms with Crippen LogP contribution < -0.4 is 5.32 Å². The van der Waals surface area contributed by atoms with Crippen LogP contribution in [-0.2, 0) is 0 Å². The Balaban J connectivity index is 1.72. The van der Waals surface area contributed by atoms with Gasteiger partial charge in [-0.3, -0.25) is 0 Å². The summed E-state index contributed by atoms with van der Waals surface area (Å²) in [5.74, 6) is 2.94. The van der Waals surface area contributed by atoms with Crippen LogP contribution in [0.4, 0.5) is 0 Å². The quantitative estimate of drug-likeness (QED) is 0.650. The Hall–Kier alpha value is -0.0500. The van der Waals surface area contributed by atoms with Crippen molar-refractivity contribution in [3.63, 3.8) is 0 Å². The van der Waals surface area contributed by atoms with E-state index in [1.165, 1.54) is 44.1 Å². The molecule has 0 spiro atoms. The molecule has 0 amide bonds. The van der Waals surface area contributed by atoms with Crippen LogP contribution in [0.2, 0.25) is 5.02 Å². The largest absolute Gasteiger partial charge is 0.310 e. The Labute approximate surface area is 142 Å². The molecule has 0 radical (unpaired) electrons. The predicted molar refractivity (Wildman–Crippen MR) is 93.7 cm³/mol. The average molecular weight is 371 g/mol. The number of hydrogen-bond acceptors (Lipinski definition) is 1. The molecule has 21 heavy (non-hydrogen) atoms. The number of fused-ring (bicyclic) bond motifs is 2. The lowest BCUT2D eigenvalue weighted by Crippen LogP contribution is -2.26. The zero-order chi connectivity index (χ0) is 14.8. The molecule has 4 atom stereocenters. The summed E-state index contributed by atoms with van der Waals surface area (Å²) in [6, 6.07) is 6.89. The van der Waals surface area contributed by atoms with Crippen LogP contribution >= 0.6 is 27.5 Å². The monoisotopic (exact) mass is 369 g/mol. The van der Waals surface area contributed by atoms with E-state index in [9.17, 15) is 0 Å². The van der Waals surface area contributed by atoms with Gasteiger partial charge in [0.25, 0.3) is 0 Å². The maximum atomic E-state index is 6.30. The van der Waals surface area contributed by atoms with Crippen molar-refractivity contribution in [2.24, 2.45) is 17.8 Å². The van der Waals surface area contributed by atoms with E-state index < -0.39 is 0 Å². The summed E-state index contributed by atoms with van der Waals surface area (Å²) in [4.78, 5) is 0. The minimum absolute atomic E-state index is 0.458. The molecule has 1 N–H and O–H groups in total. The van der Waals surface area contributed by atoms with Gasteiger partial charge < -0.3 is 5.32 Å². The maximum Gasteiger partial charge on any atom is 0.0551 e. The van der Waals surface area contributed by atoms with E-state index in [1.54, 1.807) is 0 Å². The molecule has 3 rings (SSSR count). The first-order chi connectivity index (χ1) is 10.2. The van der Waals surface area contributed by atoms with Crippen molar-refractivity contribution in [2.75, 3.05) is 6.54 Å². The standard InChI is InChI=1S/C18H25BrClN/c1-2-7-21-18(14-5-6-16(19)17(20)10-14)11-15-9-12-3-4-13(15)8-12/h5-6,10,12-13,15,18,21H,2-4,7-9,11H2,1H3. The number of rotatable bonds is 6. The predicted octanol–water partition coefficient (Wildman–Crippen LogP) is 5.97. The maximum absolute atomic E-state index is 6.30. The normalized spacial score (nSPS) is 29.0. The smallest absolute Gasteiger partial charge is 0.0551 e. The molecule has 2 aliphatic rings.